The van der Waals surface area contributed by atoms with Crippen molar-refractivity contribution in [3.8, 4) is 16.3 Å². The van der Waals surface area contributed by atoms with Crippen molar-refractivity contribution in [1.29, 1.82) is 0 Å². The summed E-state index contributed by atoms with van der Waals surface area (Å²) in [6.07, 6.45) is 10.2. The summed E-state index contributed by atoms with van der Waals surface area (Å²) in [5.74, 6) is 1.81. The van der Waals surface area contributed by atoms with E-state index in [0.29, 0.717) is 0 Å². The number of hydrogen-bond donors (Lipinski definition) is 0. The standard InChI is InChI=1S/C21H19N3OS/c1-15-10-11-22-20(13-15)24-12-4-3-5-18(24)19-14-23-21(26-19)16-6-8-17(25-2)9-7-16/h3-11,13-14H,12H2,1-2H3. The highest BCUT2D eigenvalue weighted by Crippen LogP contribution is 2.34. The Hall–Kier alpha value is -2.92. The molecule has 3 heterocycles. The van der Waals surface area contributed by atoms with Crippen LogP contribution in [0.3, 0.4) is 0 Å². The molecule has 0 unspecified atom stereocenters. The fourth-order valence-electron chi connectivity index (χ4n) is 2.87. The molecule has 4 rings (SSSR count). The van der Waals surface area contributed by atoms with Gasteiger partial charge in [-0.2, -0.15) is 0 Å². The summed E-state index contributed by atoms with van der Waals surface area (Å²) in [6.45, 7) is 2.89. The lowest BCUT2D eigenvalue weighted by Gasteiger charge is -2.26. The molecule has 130 valence electrons. The Morgan fingerprint density at radius 3 is 2.73 bits per heavy atom. The number of allylic oxidation sites excluding steroid dienone is 2. The van der Waals surface area contributed by atoms with Gasteiger partial charge in [-0.1, -0.05) is 12.2 Å². The lowest BCUT2D eigenvalue weighted by Crippen LogP contribution is -2.24. The molecule has 1 aromatic carbocycles. The van der Waals surface area contributed by atoms with Crippen LogP contribution in [0.25, 0.3) is 16.3 Å². The second kappa shape index (κ2) is 7.14. The van der Waals surface area contributed by atoms with E-state index in [4.69, 9.17) is 4.74 Å². The zero-order valence-electron chi connectivity index (χ0n) is 14.7. The molecular formula is C21H19N3OS. The Morgan fingerprint density at radius 1 is 1.12 bits per heavy atom. The maximum atomic E-state index is 5.23. The number of ether oxygens (including phenoxy) is 1. The van der Waals surface area contributed by atoms with Gasteiger partial charge in [0.05, 0.1) is 17.7 Å². The summed E-state index contributed by atoms with van der Waals surface area (Å²) < 4.78 is 5.23. The third kappa shape index (κ3) is 3.26. The number of pyridine rings is 1. The summed E-state index contributed by atoms with van der Waals surface area (Å²) in [6, 6.07) is 12.1. The van der Waals surface area contributed by atoms with E-state index >= 15 is 0 Å². The van der Waals surface area contributed by atoms with E-state index in [9.17, 15) is 0 Å². The van der Waals surface area contributed by atoms with Gasteiger partial charge in [-0.05, 0) is 55.0 Å². The van der Waals surface area contributed by atoms with Crippen LogP contribution in [-0.4, -0.2) is 23.6 Å². The van der Waals surface area contributed by atoms with Gasteiger partial charge in [-0.15, -0.1) is 11.3 Å². The summed E-state index contributed by atoms with van der Waals surface area (Å²) >= 11 is 1.69. The fraction of sp³-hybridized carbons (Fsp3) is 0.143. The van der Waals surface area contributed by atoms with Gasteiger partial charge in [0.25, 0.3) is 0 Å². The number of aryl methyl sites for hydroxylation is 1. The van der Waals surface area contributed by atoms with Gasteiger partial charge in [0.1, 0.15) is 16.6 Å². The zero-order chi connectivity index (χ0) is 17.9. The van der Waals surface area contributed by atoms with Crippen LogP contribution in [0.2, 0.25) is 0 Å². The Kier molecular flexibility index (Phi) is 4.54. The highest BCUT2D eigenvalue weighted by Gasteiger charge is 2.18. The molecular weight excluding hydrogens is 342 g/mol. The largest absolute Gasteiger partial charge is 0.497 e. The molecule has 26 heavy (non-hydrogen) atoms. The lowest BCUT2D eigenvalue weighted by atomic mass is 10.2. The van der Waals surface area contributed by atoms with Crippen LogP contribution in [0.15, 0.2) is 67.0 Å². The number of anilines is 1. The monoisotopic (exact) mass is 361 g/mol. The van der Waals surface area contributed by atoms with E-state index in [-0.39, 0.29) is 0 Å². The first-order chi connectivity index (χ1) is 12.7. The van der Waals surface area contributed by atoms with E-state index in [1.54, 1.807) is 18.4 Å². The van der Waals surface area contributed by atoms with Gasteiger partial charge < -0.3 is 9.64 Å². The molecule has 0 saturated carbocycles. The highest BCUT2D eigenvalue weighted by atomic mass is 32.1. The van der Waals surface area contributed by atoms with Gasteiger partial charge in [-0.3, -0.25) is 0 Å². The lowest BCUT2D eigenvalue weighted by molar-refractivity contribution is 0.415. The third-order valence-corrected chi connectivity index (χ3v) is 5.31. The van der Waals surface area contributed by atoms with E-state index in [2.05, 4.69) is 46.1 Å². The Bertz CT molecular complexity index is 973. The topological polar surface area (TPSA) is 38.2 Å². The number of rotatable bonds is 4. The minimum atomic E-state index is 0.804. The average Bonchev–Trinajstić information content (AvgIpc) is 3.18. The first-order valence-electron chi connectivity index (χ1n) is 8.42. The Morgan fingerprint density at radius 2 is 1.96 bits per heavy atom. The van der Waals surface area contributed by atoms with Crippen molar-refractivity contribution in [3.05, 3.63) is 77.5 Å². The summed E-state index contributed by atoms with van der Waals surface area (Å²) in [5, 5.41) is 0.996. The molecule has 0 radical (unpaired) electrons. The molecule has 0 amide bonds. The number of methoxy groups -OCH3 is 1. The first-order valence-corrected chi connectivity index (χ1v) is 9.24. The molecule has 3 aromatic rings. The predicted octanol–water partition coefficient (Wildman–Crippen LogP) is 4.94. The quantitative estimate of drug-likeness (QED) is 0.660. The molecule has 4 nitrogen and oxygen atoms in total. The molecule has 5 heteroatoms. The number of aromatic nitrogens is 2. The van der Waals surface area contributed by atoms with Crippen molar-refractivity contribution in [2.45, 2.75) is 6.92 Å². The van der Waals surface area contributed by atoms with Crippen molar-refractivity contribution >= 4 is 22.9 Å². The van der Waals surface area contributed by atoms with Crippen LogP contribution in [0.1, 0.15) is 10.4 Å². The number of thiazole rings is 1. The number of hydrogen-bond acceptors (Lipinski definition) is 5. The minimum absolute atomic E-state index is 0.804. The van der Waals surface area contributed by atoms with Crippen LogP contribution in [0.5, 0.6) is 5.75 Å². The zero-order valence-corrected chi connectivity index (χ0v) is 15.5. The van der Waals surface area contributed by atoms with E-state index < -0.39 is 0 Å². The van der Waals surface area contributed by atoms with E-state index in [1.807, 2.05) is 42.7 Å². The number of nitrogens with zero attached hydrogens (tertiary/aromatic N) is 3. The van der Waals surface area contributed by atoms with Gasteiger partial charge in [0, 0.05) is 24.5 Å². The molecule has 1 aliphatic heterocycles. The van der Waals surface area contributed by atoms with Crippen LogP contribution in [0, 0.1) is 6.92 Å². The average molecular weight is 361 g/mol. The second-order valence-electron chi connectivity index (χ2n) is 6.04. The summed E-state index contributed by atoms with van der Waals surface area (Å²) in [5.41, 5.74) is 3.42. The maximum Gasteiger partial charge on any atom is 0.133 e. The molecule has 0 saturated heterocycles. The van der Waals surface area contributed by atoms with Crippen LogP contribution in [-0.2, 0) is 0 Å². The van der Waals surface area contributed by atoms with Crippen LogP contribution >= 0.6 is 11.3 Å². The van der Waals surface area contributed by atoms with Crippen molar-refractivity contribution in [2.24, 2.45) is 0 Å². The molecule has 2 aromatic heterocycles. The molecule has 0 atom stereocenters. The van der Waals surface area contributed by atoms with Crippen LogP contribution in [0.4, 0.5) is 5.82 Å². The van der Waals surface area contributed by atoms with Gasteiger partial charge in [0.15, 0.2) is 0 Å². The van der Waals surface area contributed by atoms with Crippen molar-refractivity contribution in [3.63, 3.8) is 0 Å². The maximum absolute atomic E-state index is 5.23. The van der Waals surface area contributed by atoms with Gasteiger partial charge >= 0.3 is 0 Å². The second-order valence-corrected chi connectivity index (χ2v) is 7.07. The van der Waals surface area contributed by atoms with Crippen molar-refractivity contribution in [2.75, 3.05) is 18.6 Å². The third-order valence-electron chi connectivity index (χ3n) is 4.24. The molecule has 0 aliphatic carbocycles. The summed E-state index contributed by atoms with van der Waals surface area (Å²) in [7, 11) is 1.67. The van der Waals surface area contributed by atoms with Crippen molar-refractivity contribution in [1.82, 2.24) is 9.97 Å². The molecule has 0 N–H and O–H groups in total. The molecule has 0 spiro atoms. The Labute approximate surface area is 157 Å². The predicted molar refractivity (Wildman–Crippen MR) is 108 cm³/mol. The van der Waals surface area contributed by atoms with Crippen LogP contribution < -0.4 is 9.64 Å². The smallest absolute Gasteiger partial charge is 0.133 e. The Balaban J connectivity index is 1.66. The molecule has 1 aliphatic rings. The highest BCUT2D eigenvalue weighted by molar-refractivity contribution is 7.16. The molecule has 0 fully saturated rings. The fourth-order valence-corrected chi connectivity index (χ4v) is 3.83. The SMILES string of the molecule is COc1ccc(-c2ncc(C3=CC=CCN3c3cc(C)ccn3)s2)cc1. The minimum Gasteiger partial charge on any atom is -0.497 e. The number of benzene rings is 1. The van der Waals surface area contributed by atoms with Gasteiger partial charge in [-0.25, -0.2) is 9.97 Å². The summed E-state index contributed by atoms with van der Waals surface area (Å²) in [4.78, 5) is 12.5. The normalized spacial score (nSPS) is 13.6. The van der Waals surface area contributed by atoms with Gasteiger partial charge in [0.2, 0.25) is 0 Å². The molecule has 0 bridgehead atoms. The first kappa shape index (κ1) is 16.5. The van der Waals surface area contributed by atoms with Crippen molar-refractivity contribution < 1.29 is 4.74 Å². The van der Waals surface area contributed by atoms with E-state index in [0.717, 1.165) is 39.3 Å². The van der Waals surface area contributed by atoms with E-state index in [1.165, 1.54) is 5.56 Å².